The summed E-state index contributed by atoms with van der Waals surface area (Å²) in [4.78, 5) is 12.5. The second kappa shape index (κ2) is 3.92. The number of aliphatic hydroxyl groups is 1. The summed E-state index contributed by atoms with van der Waals surface area (Å²) < 4.78 is 3.27. The molecule has 0 radical (unpaired) electrons. The van der Waals surface area contributed by atoms with Crippen LogP contribution in [0.3, 0.4) is 0 Å². The largest absolute Gasteiger partial charge is 0.391 e. The molecular formula is C8H5BrINO2S. The molecule has 0 fully saturated rings. The van der Waals surface area contributed by atoms with Crippen molar-refractivity contribution in [1.29, 1.82) is 0 Å². The molecule has 2 aromatic heterocycles. The summed E-state index contributed by atoms with van der Waals surface area (Å²) >= 11 is 6.76. The van der Waals surface area contributed by atoms with Crippen molar-refractivity contribution in [3.63, 3.8) is 0 Å². The summed E-state index contributed by atoms with van der Waals surface area (Å²) in [6.07, 6.45) is 1.73. The van der Waals surface area contributed by atoms with Crippen LogP contribution in [0.5, 0.6) is 0 Å². The van der Waals surface area contributed by atoms with Gasteiger partial charge < -0.3 is 5.11 Å². The van der Waals surface area contributed by atoms with Crippen LogP contribution in [0.25, 0.3) is 10.1 Å². The van der Waals surface area contributed by atoms with Crippen molar-refractivity contribution in [3.8, 4) is 0 Å². The molecule has 74 valence electrons. The lowest BCUT2D eigenvalue weighted by Crippen LogP contribution is -2.10. The highest BCUT2D eigenvalue weighted by molar-refractivity contribution is 14.1. The van der Waals surface area contributed by atoms with Crippen molar-refractivity contribution in [2.24, 2.45) is 0 Å². The Morgan fingerprint density at radius 3 is 3.00 bits per heavy atom. The first-order valence-corrected chi connectivity index (χ1v) is 6.31. The second-order valence-electron chi connectivity index (χ2n) is 2.71. The number of halogens is 2. The number of nitrogens with zero attached hydrogens (tertiary/aromatic N) is 1. The normalized spacial score (nSPS) is 11.1. The van der Waals surface area contributed by atoms with Gasteiger partial charge in [-0.05, 0) is 22.0 Å². The number of hydrogen-bond acceptors (Lipinski definition) is 3. The average molecular weight is 386 g/mol. The van der Waals surface area contributed by atoms with Crippen LogP contribution < -0.4 is 5.56 Å². The Balaban J connectivity index is 2.91. The molecule has 0 amide bonds. The van der Waals surface area contributed by atoms with Gasteiger partial charge in [-0.25, -0.2) is 0 Å². The van der Waals surface area contributed by atoms with E-state index in [-0.39, 0.29) is 12.2 Å². The summed E-state index contributed by atoms with van der Waals surface area (Å²) in [5, 5.41) is 9.63. The predicted molar refractivity (Wildman–Crippen MR) is 69.1 cm³/mol. The second-order valence-corrected chi connectivity index (χ2v) is 5.74. The van der Waals surface area contributed by atoms with E-state index < -0.39 is 0 Å². The molecule has 0 aromatic carbocycles. The van der Waals surface area contributed by atoms with Crippen LogP contribution in [-0.4, -0.2) is 7.89 Å². The number of fused-ring (bicyclic) bond motifs is 1. The van der Waals surface area contributed by atoms with Crippen LogP contribution in [-0.2, 0) is 6.61 Å². The molecule has 0 aliphatic heterocycles. The number of pyridine rings is 1. The SMILES string of the molecule is O=c1c2cc(CO)sc2c(Br)cn1I. The van der Waals surface area contributed by atoms with Crippen molar-refractivity contribution in [2.75, 3.05) is 0 Å². The van der Waals surface area contributed by atoms with Gasteiger partial charge in [-0.1, -0.05) is 0 Å². The van der Waals surface area contributed by atoms with Crippen LogP contribution in [0.15, 0.2) is 21.5 Å². The van der Waals surface area contributed by atoms with Gasteiger partial charge in [0.1, 0.15) is 0 Å². The first kappa shape index (κ1) is 10.6. The lowest BCUT2D eigenvalue weighted by Gasteiger charge is -1.96. The van der Waals surface area contributed by atoms with Crippen LogP contribution in [0.2, 0.25) is 0 Å². The van der Waals surface area contributed by atoms with Gasteiger partial charge in [-0.3, -0.25) is 7.58 Å². The van der Waals surface area contributed by atoms with E-state index in [2.05, 4.69) is 15.9 Å². The third-order valence-corrected chi connectivity index (χ3v) is 4.54. The Hall–Kier alpha value is 0.0800. The molecule has 0 aliphatic carbocycles. The lowest BCUT2D eigenvalue weighted by molar-refractivity contribution is 0.285. The molecule has 3 nitrogen and oxygen atoms in total. The van der Waals surface area contributed by atoms with E-state index in [1.54, 1.807) is 12.3 Å². The minimum absolute atomic E-state index is 0.0214. The molecule has 0 atom stereocenters. The minimum Gasteiger partial charge on any atom is -0.391 e. The van der Waals surface area contributed by atoms with E-state index in [0.717, 1.165) is 14.0 Å². The van der Waals surface area contributed by atoms with Gasteiger partial charge in [0.25, 0.3) is 5.56 Å². The quantitative estimate of drug-likeness (QED) is 0.766. The van der Waals surface area contributed by atoms with Crippen molar-refractivity contribution < 1.29 is 5.11 Å². The molecule has 1 N–H and O–H groups in total. The van der Waals surface area contributed by atoms with Gasteiger partial charge in [0.15, 0.2) is 0 Å². The first-order valence-electron chi connectivity index (χ1n) is 3.74. The number of aromatic nitrogens is 1. The highest BCUT2D eigenvalue weighted by Gasteiger charge is 2.09. The van der Waals surface area contributed by atoms with E-state index in [1.165, 1.54) is 14.1 Å². The summed E-state index contributed by atoms with van der Waals surface area (Å²) in [6.45, 7) is -0.0214. The standard InChI is InChI=1S/C8H5BrINO2S/c9-6-2-11(10)8(13)5-1-4(3-12)14-7(5)6/h1-2,12H,3H2. The smallest absolute Gasteiger partial charge is 0.268 e. The van der Waals surface area contributed by atoms with Crippen LogP contribution in [0.1, 0.15) is 4.88 Å². The fourth-order valence-corrected chi connectivity index (χ4v) is 3.68. The first-order chi connectivity index (χ1) is 6.63. The molecule has 2 rings (SSSR count). The highest BCUT2D eigenvalue weighted by Crippen LogP contribution is 2.30. The number of aliphatic hydroxyl groups excluding tert-OH is 1. The monoisotopic (exact) mass is 385 g/mol. The topological polar surface area (TPSA) is 42.2 Å². The minimum atomic E-state index is -0.0419. The number of rotatable bonds is 1. The van der Waals surface area contributed by atoms with Gasteiger partial charge in [-0.15, -0.1) is 11.3 Å². The molecule has 0 spiro atoms. The highest BCUT2D eigenvalue weighted by atomic mass is 127. The fourth-order valence-electron chi connectivity index (χ4n) is 1.19. The number of hydrogen-bond donors (Lipinski definition) is 1. The van der Waals surface area contributed by atoms with E-state index in [0.29, 0.717) is 5.39 Å². The third kappa shape index (κ3) is 1.64. The van der Waals surface area contributed by atoms with Crippen molar-refractivity contribution >= 4 is 60.2 Å². The molecule has 0 aliphatic rings. The van der Waals surface area contributed by atoms with Gasteiger partial charge in [0.05, 0.1) is 44.0 Å². The molecular weight excluding hydrogens is 381 g/mol. The molecule has 0 unspecified atom stereocenters. The maximum absolute atomic E-state index is 11.7. The molecule has 0 saturated carbocycles. The summed E-state index contributed by atoms with van der Waals surface area (Å²) in [7, 11) is 0. The Morgan fingerprint density at radius 1 is 1.64 bits per heavy atom. The van der Waals surface area contributed by atoms with E-state index >= 15 is 0 Å². The maximum atomic E-state index is 11.7. The van der Waals surface area contributed by atoms with Crippen LogP contribution in [0.4, 0.5) is 0 Å². The molecule has 14 heavy (non-hydrogen) atoms. The molecule has 0 bridgehead atoms. The number of thiophene rings is 1. The average Bonchev–Trinajstić information content (AvgIpc) is 2.58. The summed E-state index contributed by atoms with van der Waals surface area (Å²) in [5.41, 5.74) is -0.0419. The molecule has 2 aromatic rings. The Bertz CT molecular complexity index is 548. The predicted octanol–water partition coefficient (Wildman–Crippen LogP) is 2.52. The van der Waals surface area contributed by atoms with E-state index in [1.807, 2.05) is 22.9 Å². The zero-order valence-electron chi connectivity index (χ0n) is 6.83. The van der Waals surface area contributed by atoms with Gasteiger partial charge in [-0.2, -0.15) is 0 Å². The maximum Gasteiger partial charge on any atom is 0.268 e. The van der Waals surface area contributed by atoms with Crippen molar-refractivity contribution in [1.82, 2.24) is 2.78 Å². The summed E-state index contributed by atoms with van der Waals surface area (Å²) in [6, 6.07) is 1.74. The summed E-state index contributed by atoms with van der Waals surface area (Å²) in [5.74, 6) is 0. The Kier molecular flexibility index (Phi) is 2.96. The van der Waals surface area contributed by atoms with Crippen molar-refractivity contribution in [3.05, 3.63) is 32.0 Å². The lowest BCUT2D eigenvalue weighted by atomic mass is 10.3. The van der Waals surface area contributed by atoms with Crippen LogP contribution >= 0.6 is 50.1 Å². The molecule has 0 saturated heterocycles. The van der Waals surface area contributed by atoms with Gasteiger partial charge in [0, 0.05) is 11.1 Å². The van der Waals surface area contributed by atoms with E-state index in [9.17, 15) is 4.79 Å². The van der Waals surface area contributed by atoms with Crippen LogP contribution in [0, 0.1) is 0 Å². The Labute approximate surface area is 106 Å². The third-order valence-electron chi connectivity index (χ3n) is 1.81. The fraction of sp³-hybridized carbons (Fsp3) is 0.125. The van der Waals surface area contributed by atoms with Gasteiger partial charge in [0.2, 0.25) is 0 Å². The van der Waals surface area contributed by atoms with E-state index in [4.69, 9.17) is 5.11 Å². The Morgan fingerprint density at radius 2 is 2.36 bits per heavy atom. The zero-order chi connectivity index (χ0) is 10.3. The zero-order valence-corrected chi connectivity index (χ0v) is 11.4. The van der Waals surface area contributed by atoms with Crippen molar-refractivity contribution in [2.45, 2.75) is 6.61 Å². The molecule has 2 heterocycles. The van der Waals surface area contributed by atoms with Gasteiger partial charge >= 0.3 is 0 Å². The molecule has 6 heteroatoms.